The van der Waals surface area contributed by atoms with Crippen molar-refractivity contribution in [1.82, 2.24) is 10.2 Å². The van der Waals surface area contributed by atoms with Gasteiger partial charge >= 0.3 is 0 Å². The van der Waals surface area contributed by atoms with Crippen LogP contribution in [0.4, 0.5) is 5.69 Å². The molecule has 1 N–H and O–H groups in total. The number of para-hydroxylation sites is 1. The number of nitrogens with zero attached hydrogens (tertiary/aromatic N) is 3. The fourth-order valence-electron chi connectivity index (χ4n) is 3.12. The first kappa shape index (κ1) is 16.5. The van der Waals surface area contributed by atoms with Crippen molar-refractivity contribution in [3.8, 4) is 6.07 Å². The minimum atomic E-state index is -0.465. The molecular weight excluding hydrogens is 316 g/mol. The molecule has 0 spiro atoms. The van der Waals surface area contributed by atoms with Gasteiger partial charge in [-0.25, -0.2) is 0 Å². The van der Waals surface area contributed by atoms with E-state index in [0.717, 1.165) is 5.56 Å². The van der Waals surface area contributed by atoms with Gasteiger partial charge in [-0.05, 0) is 29.8 Å². The van der Waals surface area contributed by atoms with Gasteiger partial charge in [-0.3, -0.25) is 9.59 Å². The molecule has 1 aliphatic heterocycles. The van der Waals surface area contributed by atoms with Crippen LogP contribution in [-0.4, -0.2) is 37.4 Å². The number of nitriles is 1. The second kappa shape index (κ2) is 6.65. The fourth-order valence-corrected chi connectivity index (χ4v) is 3.12. The Balaban J connectivity index is 2.15. The molecule has 0 unspecified atom stereocenters. The number of hydrogen-bond donors (Lipinski definition) is 1. The van der Waals surface area contributed by atoms with Crippen LogP contribution in [0.2, 0.25) is 0 Å². The Morgan fingerprint density at radius 1 is 1.24 bits per heavy atom. The molecule has 1 heterocycles. The smallest absolute Gasteiger partial charge is 0.257 e. The summed E-state index contributed by atoms with van der Waals surface area (Å²) in [5.41, 5.74) is 2.56. The molecule has 1 atom stereocenters. The molecule has 3 rings (SSSR count). The molecule has 0 bridgehead atoms. The Bertz CT molecular complexity index is 872. The average molecular weight is 334 g/mol. The predicted octanol–water partition coefficient (Wildman–Crippen LogP) is 1.90. The zero-order chi connectivity index (χ0) is 18.0. The highest BCUT2D eigenvalue weighted by molar-refractivity contribution is 6.02. The van der Waals surface area contributed by atoms with Crippen LogP contribution >= 0.6 is 0 Å². The summed E-state index contributed by atoms with van der Waals surface area (Å²) in [4.78, 5) is 28.3. The van der Waals surface area contributed by atoms with E-state index in [4.69, 9.17) is 0 Å². The van der Waals surface area contributed by atoms with E-state index < -0.39 is 6.17 Å². The number of carbonyl (C=O) groups is 2. The van der Waals surface area contributed by atoms with E-state index in [9.17, 15) is 14.9 Å². The standard InChI is InChI=1S/C19H18N4O2/c1-21-17(24)12-23-16-9-4-3-8-15(16)19(25)22(2)18(23)14-7-5-6-13(10-14)11-20/h3-10,18H,12H2,1-2H3,(H,21,24)/t18-/m1/s1. The fraction of sp³-hybridized carbons (Fsp3) is 0.211. The molecule has 1 aliphatic rings. The van der Waals surface area contributed by atoms with Crippen molar-refractivity contribution in [3.63, 3.8) is 0 Å². The molecule has 25 heavy (non-hydrogen) atoms. The van der Waals surface area contributed by atoms with Gasteiger partial charge in [0.2, 0.25) is 5.91 Å². The maximum atomic E-state index is 12.8. The lowest BCUT2D eigenvalue weighted by molar-refractivity contribution is -0.119. The van der Waals surface area contributed by atoms with Gasteiger partial charge in [0.1, 0.15) is 6.17 Å². The second-order valence-corrected chi connectivity index (χ2v) is 5.85. The first-order chi connectivity index (χ1) is 12.1. The highest BCUT2D eigenvalue weighted by Gasteiger charge is 2.37. The summed E-state index contributed by atoms with van der Waals surface area (Å²) >= 11 is 0. The second-order valence-electron chi connectivity index (χ2n) is 5.85. The van der Waals surface area contributed by atoms with Gasteiger partial charge in [0, 0.05) is 14.1 Å². The lowest BCUT2D eigenvalue weighted by Gasteiger charge is -2.44. The van der Waals surface area contributed by atoms with E-state index in [0.29, 0.717) is 16.8 Å². The summed E-state index contributed by atoms with van der Waals surface area (Å²) in [6.45, 7) is 0.104. The third-order valence-electron chi connectivity index (χ3n) is 4.33. The summed E-state index contributed by atoms with van der Waals surface area (Å²) < 4.78 is 0. The number of benzene rings is 2. The largest absolute Gasteiger partial charge is 0.358 e. The molecule has 0 aliphatic carbocycles. The SMILES string of the molecule is CNC(=O)CN1c2ccccc2C(=O)N(C)[C@H]1c1cccc(C#N)c1. The van der Waals surface area contributed by atoms with Crippen molar-refractivity contribution in [3.05, 3.63) is 65.2 Å². The normalized spacial score (nSPS) is 16.2. The Kier molecular flexibility index (Phi) is 4.40. The van der Waals surface area contributed by atoms with Crippen LogP contribution < -0.4 is 10.2 Å². The third-order valence-corrected chi connectivity index (χ3v) is 4.33. The molecule has 0 saturated carbocycles. The molecule has 6 heteroatoms. The van der Waals surface area contributed by atoms with E-state index in [-0.39, 0.29) is 18.4 Å². The molecule has 2 aromatic carbocycles. The summed E-state index contributed by atoms with van der Waals surface area (Å²) in [7, 11) is 3.29. The zero-order valence-corrected chi connectivity index (χ0v) is 14.1. The number of carbonyl (C=O) groups excluding carboxylic acids is 2. The average Bonchev–Trinajstić information content (AvgIpc) is 2.66. The first-order valence-corrected chi connectivity index (χ1v) is 7.90. The van der Waals surface area contributed by atoms with E-state index in [1.165, 1.54) is 0 Å². The van der Waals surface area contributed by atoms with Crippen LogP contribution in [0.1, 0.15) is 27.7 Å². The van der Waals surface area contributed by atoms with Gasteiger partial charge in [-0.2, -0.15) is 5.26 Å². The van der Waals surface area contributed by atoms with Crippen molar-refractivity contribution in [1.29, 1.82) is 5.26 Å². The molecule has 0 aromatic heterocycles. The number of anilines is 1. The van der Waals surface area contributed by atoms with Crippen LogP contribution in [0.25, 0.3) is 0 Å². The molecular formula is C19H18N4O2. The molecule has 6 nitrogen and oxygen atoms in total. The number of hydrogen-bond acceptors (Lipinski definition) is 4. The minimum Gasteiger partial charge on any atom is -0.358 e. The summed E-state index contributed by atoms with van der Waals surface area (Å²) in [6.07, 6.45) is -0.465. The van der Waals surface area contributed by atoms with Crippen molar-refractivity contribution in [2.75, 3.05) is 25.5 Å². The topological polar surface area (TPSA) is 76.4 Å². The highest BCUT2D eigenvalue weighted by Crippen LogP contribution is 2.37. The quantitative estimate of drug-likeness (QED) is 0.930. The van der Waals surface area contributed by atoms with E-state index in [1.54, 1.807) is 49.3 Å². The van der Waals surface area contributed by atoms with Crippen molar-refractivity contribution < 1.29 is 9.59 Å². The lowest BCUT2D eigenvalue weighted by Crippen LogP contribution is -2.50. The molecule has 0 saturated heterocycles. The Labute approximate surface area is 146 Å². The number of rotatable bonds is 3. The van der Waals surface area contributed by atoms with Crippen molar-refractivity contribution in [2.24, 2.45) is 0 Å². The molecule has 0 fully saturated rings. The summed E-state index contributed by atoms with van der Waals surface area (Å²) in [6, 6.07) is 16.5. The first-order valence-electron chi connectivity index (χ1n) is 7.90. The number of fused-ring (bicyclic) bond motifs is 1. The Morgan fingerprint density at radius 3 is 2.72 bits per heavy atom. The molecule has 2 amide bonds. The van der Waals surface area contributed by atoms with E-state index in [2.05, 4.69) is 11.4 Å². The maximum Gasteiger partial charge on any atom is 0.257 e. The van der Waals surface area contributed by atoms with E-state index in [1.807, 2.05) is 23.1 Å². The van der Waals surface area contributed by atoms with Gasteiger partial charge in [-0.1, -0.05) is 24.3 Å². The molecule has 0 radical (unpaired) electrons. The summed E-state index contributed by atoms with van der Waals surface area (Å²) in [5.74, 6) is -0.268. The van der Waals surface area contributed by atoms with Crippen LogP contribution in [0.3, 0.4) is 0 Å². The minimum absolute atomic E-state index is 0.104. The number of nitrogens with one attached hydrogen (secondary N) is 1. The van der Waals surface area contributed by atoms with Crippen LogP contribution in [0.15, 0.2) is 48.5 Å². The van der Waals surface area contributed by atoms with E-state index >= 15 is 0 Å². The monoisotopic (exact) mass is 334 g/mol. The highest BCUT2D eigenvalue weighted by atomic mass is 16.2. The number of likely N-dealkylation sites (N-methyl/N-ethyl adjacent to an activating group) is 1. The zero-order valence-electron chi connectivity index (χ0n) is 14.1. The van der Waals surface area contributed by atoms with Gasteiger partial charge in [0.05, 0.1) is 29.4 Å². The third kappa shape index (κ3) is 2.92. The maximum absolute atomic E-state index is 12.8. The Morgan fingerprint density at radius 2 is 2.00 bits per heavy atom. The molecule has 2 aromatic rings. The van der Waals surface area contributed by atoms with Crippen LogP contribution in [0.5, 0.6) is 0 Å². The molecule has 126 valence electrons. The number of amides is 2. The van der Waals surface area contributed by atoms with Gasteiger partial charge in [-0.15, -0.1) is 0 Å². The lowest BCUT2D eigenvalue weighted by atomic mass is 10.0. The van der Waals surface area contributed by atoms with Crippen molar-refractivity contribution in [2.45, 2.75) is 6.17 Å². The Hall–Kier alpha value is -3.33. The van der Waals surface area contributed by atoms with Crippen molar-refractivity contribution >= 4 is 17.5 Å². The van der Waals surface area contributed by atoms with Crippen LogP contribution in [-0.2, 0) is 4.79 Å². The van der Waals surface area contributed by atoms with Gasteiger partial charge in [0.25, 0.3) is 5.91 Å². The predicted molar refractivity (Wildman–Crippen MR) is 93.8 cm³/mol. The van der Waals surface area contributed by atoms with Gasteiger partial charge in [0.15, 0.2) is 0 Å². The van der Waals surface area contributed by atoms with Crippen LogP contribution in [0, 0.1) is 11.3 Å². The van der Waals surface area contributed by atoms with Gasteiger partial charge < -0.3 is 15.1 Å². The summed E-state index contributed by atoms with van der Waals surface area (Å²) in [5, 5.41) is 11.8.